The lowest BCUT2D eigenvalue weighted by molar-refractivity contribution is -0.153. The minimum Gasteiger partial charge on any atom is -0.299 e. The first kappa shape index (κ1) is 18.5. The predicted octanol–water partition coefficient (Wildman–Crippen LogP) is 5.15. The number of hydrogen-bond donors (Lipinski definition) is 0. The van der Waals surface area contributed by atoms with Gasteiger partial charge in [-0.1, -0.05) is 73.5 Å². The summed E-state index contributed by atoms with van der Waals surface area (Å²) in [5.41, 5.74) is 0.945. The van der Waals surface area contributed by atoms with Crippen LogP contribution in [0.15, 0.2) is 60.7 Å². The van der Waals surface area contributed by atoms with Crippen LogP contribution in [-0.2, 0) is 4.79 Å². The van der Waals surface area contributed by atoms with Gasteiger partial charge in [-0.2, -0.15) is 0 Å². The molecular weight excluding hydrogens is 360 g/mol. The topological polar surface area (TPSA) is 51.2 Å². The molecule has 29 heavy (non-hydrogen) atoms. The van der Waals surface area contributed by atoms with E-state index in [1.165, 1.54) is 0 Å². The second-order valence-corrected chi connectivity index (χ2v) is 9.13. The fourth-order valence-electron chi connectivity index (χ4n) is 6.61. The number of hydrogen-bond acceptors (Lipinski definition) is 3. The number of fused-ring (bicyclic) bond motifs is 2. The Morgan fingerprint density at radius 3 is 2.10 bits per heavy atom. The summed E-state index contributed by atoms with van der Waals surface area (Å²) in [5, 5.41) is 0. The molecule has 3 heteroatoms. The van der Waals surface area contributed by atoms with Crippen LogP contribution < -0.4 is 0 Å². The molecule has 0 aliphatic heterocycles. The Bertz CT molecular complexity index is 948. The average molecular weight is 386 g/mol. The van der Waals surface area contributed by atoms with E-state index < -0.39 is 5.92 Å². The van der Waals surface area contributed by atoms with Gasteiger partial charge in [0.25, 0.3) is 0 Å². The summed E-state index contributed by atoms with van der Waals surface area (Å²) in [7, 11) is 0. The third kappa shape index (κ3) is 2.82. The number of carbonyl (C=O) groups is 3. The molecule has 5 atom stereocenters. The zero-order valence-corrected chi connectivity index (χ0v) is 16.6. The van der Waals surface area contributed by atoms with Gasteiger partial charge in [0.2, 0.25) is 0 Å². The molecule has 4 saturated carbocycles. The minimum absolute atomic E-state index is 0.0265. The van der Waals surface area contributed by atoms with Gasteiger partial charge in [-0.25, -0.2) is 0 Å². The summed E-state index contributed by atoms with van der Waals surface area (Å²) in [6.45, 7) is 0. The van der Waals surface area contributed by atoms with Crippen molar-refractivity contribution in [3.63, 3.8) is 0 Å². The van der Waals surface area contributed by atoms with Crippen molar-refractivity contribution in [1.82, 2.24) is 0 Å². The third-order valence-electron chi connectivity index (χ3n) is 7.83. The molecule has 148 valence electrons. The van der Waals surface area contributed by atoms with Gasteiger partial charge in [0.1, 0.15) is 5.78 Å². The molecule has 0 heterocycles. The summed E-state index contributed by atoms with van der Waals surface area (Å²) < 4.78 is 0. The smallest absolute Gasteiger partial charge is 0.167 e. The standard InChI is InChI=1S/C26H26O3/c27-21-16-26-14-8-7-13-19(26)15-20(21)22(24(28)17-9-3-1-4-10-17)23(26)25(29)18-11-5-2-6-12-18/h1-6,9-12,19-20,22-23H,7-8,13-16H2/t19-,20+,22+,23+,26+/m1/s1. The molecule has 2 aromatic carbocycles. The van der Waals surface area contributed by atoms with E-state index in [9.17, 15) is 14.4 Å². The average Bonchev–Trinajstić information content (AvgIpc) is 2.78. The van der Waals surface area contributed by atoms with Crippen molar-refractivity contribution in [2.24, 2.45) is 29.1 Å². The highest BCUT2D eigenvalue weighted by molar-refractivity contribution is 6.08. The molecule has 0 amide bonds. The summed E-state index contributed by atoms with van der Waals surface area (Å²) in [6, 6.07) is 18.6. The Morgan fingerprint density at radius 2 is 1.45 bits per heavy atom. The Morgan fingerprint density at radius 1 is 0.828 bits per heavy atom. The fourth-order valence-corrected chi connectivity index (χ4v) is 6.61. The van der Waals surface area contributed by atoms with E-state index in [2.05, 4.69) is 0 Å². The highest BCUT2D eigenvalue weighted by Gasteiger charge is 2.65. The van der Waals surface area contributed by atoms with Crippen LogP contribution in [-0.4, -0.2) is 17.3 Å². The Labute approximate surface area is 171 Å². The molecule has 2 bridgehead atoms. The molecule has 6 rings (SSSR count). The molecular formula is C26H26O3. The molecule has 0 saturated heterocycles. The highest BCUT2D eigenvalue weighted by Crippen LogP contribution is 2.64. The van der Waals surface area contributed by atoms with Gasteiger partial charge in [-0.15, -0.1) is 0 Å². The van der Waals surface area contributed by atoms with E-state index in [0.29, 0.717) is 23.5 Å². The minimum atomic E-state index is -0.527. The largest absolute Gasteiger partial charge is 0.299 e. The van der Waals surface area contributed by atoms with Crippen molar-refractivity contribution in [2.75, 3.05) is 0 Å². The second kappa shape index (κ2) is 7.05. The molecule has 4 aliphatic rings. The quantitative estimate of drug-likeness (QED) is 0.683. The van der Waals surface area contributed by atoms with Gasteiger partial charge in [0.15, 0.2) is 11.6 Å². The van der Waals surface area contributed by atoms with Gasteiger partial charge in [-0.05, 0) is 30.6 Å². The monoisotopic (exact) mass is 386 g/mol. The SMILES string of the molecule is O=C(c1ccccc1)[C@@H]1[C@@H](C(=O)c2ccccc2)[C@]23CCCC[C@@H]2C[C@H]1C(=O)C3. The third-order valence-corrected chi connectivity index (χ3v) is 7.83. The molecule has 0 radical (unpaired) electrons. The molecule has 3 nitrogen and oxygen atoms in total. The molecule has 4 fully saturated rings. The van der Waals surface area contributed by atoms with Crippen LogP contribution in [0.5, 0.6) is 0 Å². The Kier molecular flexibility index (Phi) is 4.49. The zero-order valence-electron chi connectivity index (χ0n) is 16.6. The van der Waals surface area contributed by atoms with Crippen LogP contribution in [0.3, 0.4) is 0 Å². The second-order valence-electron chi connectivity index (χ2n) is 9.13. The zero-order chi connectivity index (χ0) is 20.0. The first-order chi connectivity index (χ1) is 14.1. The molecule has 0 N–H and O–H groups in total. The van der Waals surface area contributed by atoms with Crippen LogP contribution in [0.25, 0.3) is 0 Å². The van der Waals surface area contributed by atoms with E-state index in [4.69, 9.17) is 0 Å². The van der Waals surface area contributed by atoms with E-state index in [0.717, 1.165) is 32.1 Å². The normalized spacial score (nSPS) is 33.2. The molecule has 0 unspecified atom stereocenters. The lowest BCUT2D eigenvalue weighted by atomic mass is 9.41. The lowest BCUT2D eigenvalue weighted by Gasteiger charge is -2.60. The van der Waals surface area contributed by atoms with Crippen LogP contribution >= 0.6 is 0 Å². The van der Waals surface area contributed by atoms with Gasteiger partial charge < -0.3 is 0 Å². The van der Waals surface area contributed by atoms with E-state index >= 15 is 0 Å². The molecule has 1 spiro atoms. The van der Waals surface area contributed by atoms with Crippen molar-refractivity contribution in [2.45, 2.75) is 38.5 Å². The summed E-state index contributed by atoms with van der Waals surface area (Å²) in [4.78, 5) is 40.6. The molecule has 2 aromatic rings. The van der Waals surface area contributed by atoms with Gasteiger partial charge in [0, 0.05) is 35.3 Å². The summed E-state index contributed by atoms with van der Waals surface area (Å²) in [5.74, 6) is -0.610. The molecule has 0 aromatic heterocycles. The Balaban J connectivity index is 1.64. The van der Waals surface area contributed by atoms with E-state index in [-0.39, 0.29) is 34.6 Å². The highest BCUT2D eigenvalue weighted by atomic mass is 16.1. The maximum absolute atomic E-state index is 13.8. The lowest BCUT2D eigenvalue weighted by Crippen LogP contribution is -2.62. The van der Waals surface area contributed by atoms with Gasteiger partial charge in [0.05, 0.1) is 0 Å². The van der Waals surface area contributed by atoms with Crippen molar-refractivity contribution in [3.05, 3.63) is 71.8 Å². The van der Waals surface area contributed by atoms with Crippen LogP contribution in [0.4, 0.5) is 0 Å². The van der Waals surface area contributed by atoms with Crippen molar-refractivity contribution >= 4 is 17.3 Å². The maximum atomic E-state index is 13.8. The summed E-state index contributed by atoms with van der Waals surface area (Å²) in [6.07, 6.45) is 5.42. The number of Topliss-reactive ketones (excluding diaryl/α,β-unsaturated/α-hetero) is 3. The number of ketones is 3. The van der Waals surface area contributed by atoms with Crippen molar-refractivity contribution < 1.29 is 14.4 Å². The fraction of sp³-hybridized carbons (Fsp3) is 0.423. The predicted molar refractivity (Wildman–Crippen MR) is 111 cm³/mol. The van der Waals surface area contributed by atoms with Crippen molar-refractivity contribution in [3.8, 4) is 0 Å². The van der Waals surface area contributed by atoms with Crippen molar-refractivity contribution in [1.29, 1.82) is 0 Å². The van der Waals surface area contributed by atoms with Crippen LogP contribution in [0.2, 0.25) is 0 Å². The first-order valence-electron chi connectivity index (χ1n) is 10.8. The number of rotatable bonds is 4. The van der Waals surface area contributed by atoms with Gasteiger partial charge >= 0.3 is 0 Å². The first-order valence-corrected chi connectivity index (χ1v) is 10.8. The number of benzene rings is 2. The summed E-state index contributed by atoms with van der Waals surface area (Å²) >= 11 is 0. The van der Waals surface area contributed by atoms with Gasteiger partial charge in [-0.3, -0.25) is 14.4 Å². The maximum Gasteiger partial charge on any atom is 0.167 e. The Hall–Kier alpha value is -2.55. The van der Waals surface area contributed by atoms with Crippen LogP contribution in [0.1, 0.15) is 59.2 Å². The van der Waals surface area contributed by atoms with E-state index in [1.54, 1.807) is 0 Å². The van der Waals surface area contributed by atoms with Crippen LogP contribution in [0, 0.1) is 29.1 Å². The van der Waals surface area contributed by atoms with E-state index in [1.807, 2.05) is 60.7 Å². The molecule has 4 aliphatic carbocycles. The number of carbonyl (C=O) groups excluding carboxylic acids is 3.